The number of rotatable bonds is 6. The molecule has 0 saturated carbocycles. The third kappa shape index (κ3) is 4.45. The van der Waals surface area contributed by atoms with Crippen molar-refractivity contribution in [1.29, 1.82) is 0 Å². The third-order valence-corrected chi connectivity index (χ3v) is 8.51. The van der Waals surface area contributed by atoms with Crippen LogP contribution in [0.2, 0.25) is 0 Å². The standard InChI is InChI=1S/C29H29N3O4S/c1-21-12-14-24(15-13-21)37(34,35)36-32-19-23-9-7-10-25(28(23)29(32)33)27-18-22-8-3-4-11-26(22)31(27)20-30-16-5-2-6-17-30/h3-4,7-15,18H,2,5-6,16-17,19-20H2,1H3. The van der Waals surface area contributed by atoms with Gasteiger partial charge < -0.3 is 4.57 Å². The molecule has 1 amide bonds. The Balaban J connectivity index is 1.37. The van der Waals surface area contributed by atoms with E-state index in [4.69, 9.17) is 4.28 Å². The lowest BCUT2D eigenvalue weighted by Crippen LogP contribution is -2.32. The van der Waals surface area contributed by atoms with Crippen molar-refractivity contribution >= 4 is 26.9 Å². The fourth-order valence-electron chi connectivity index (χ4n) is 5.36. The molecule has 3 aromatic carbocycles. The van der Waals surface area contributed by atoms with Crippen LogP contribution in [0.1, 0.15) is 40.7 Å². The van der Waals surface area contributed by atoms with Gasteiger partial charge >= 0.3 is 10.1 Å². The van der Waals surface area contributed by atoms with Crippen molar-refractivity contribution in [1.82, 2.24) is 14.5 Å². The lowest BCUT2D eigenvalue weighted by Gasteiger charge is -2.28. The molecule has 3 heterocycles. The van der Waals surface area contributed by atoms with Crippen LogP contribution < -0.4 is 0 Å². The van der Waals surface area contributed by atoms with Gasteiger partial charge in [-0.05, 0) is 62.7 Å². The summed E-state index contributed by atoms with van der Waals surface area (Å²) < 4.78 is 33.5. The maximum absolute atomic E-state index is 13.6. The van der Waals surface area contributed by atoms with Crippen LogP contribution in [0.5, 0.6) is 0 Å². The summed E-state index contributed by atoms with van der Waals surface area (Å²) >= 11 is 0. The van der Waals surface area contributed by atoms with Gasteiger partial charge in [0.15, 0.2) is 0 Å². The number of aryl methyl sites for hydroxylation is 1. The molecule has 190 valence electrons. The molecule has 4 aromatic rings. The second kappa shape index (κ2) is 9.45. The Morgan fingerprint density at radius 2 is 1.65 bits per heavy atom. The van der Waals surface area contributed by atoms with Crippen LogP contribution in [-0.2, 0) is 27.6 Å². The fraction of sp³-hybridized carbons (Fsp3) is 0.276. The monoisotopic (exact) mass is 515 g/mol. The van der Waals surface area contributed by atoms with E-state index in [9.17, 15) is 13.2 Å². The molecule has 1 aromatic heterocycles. The lowest BCUT2D eigenvalue weighted by atomic mass is 10.0. The first-order chi connectivity index (χ1) is 17.9. The number of likely N-dealkylation sites (tertiary alicyclic amines) is 1. The van der Waals surface area contributed by atoms with Crippen molar-refractivity contribution in [2.45, 2.75) is 44.3 Å². The maximum Gasteiger partial charge on any atom is 0.317 e. The molecule has 8 heteroatoms. The zero-order chi connectivity index (χ0) is 25.6. The van der Waals surface area contributed by atoms with Crippen LogP contribution in [-0.4, -0.2) is 41.9 Å². The third-order valence-electron chi connectivity index (χ3n) is 7.28. The van der Waals surface area contributed by atoms with Gasteiger partial charge in [0.25, 0.3) is 5.91 Å². The predicted molar refractivity (Wildman–Crippen MR) is 142 cm³/mol. The van der Waals surface area contributed by atoms with Crippen molar-refractivity contribution in [2.24, 2.45) is 0 Å². The van der Waals surface area contributed by atoms with Gasteiger partial charge in [-0.1, -0.05) is 60.5 Å². The van der Waals surface area contributed by atoms with Crippen molar-refractivity contribution in [2.75, 3.05) is 13.1 Å². The van der Waals surface area contributed by atoms with E-state index in [0.717, 1.165) is 58.1 Å². The molecule has 1 saturated heterocycles. The molecule has 0 radical (unpaired) electrons. The normalized spacial score (nSPS) is 16.5. The molecular formula is C29H29N3O4S. The highest BCUT2D eigenvalue weighted by molar-refractivity contribution is 7.86. The molecule has 0 N–H and O–H groups in total. The van der Waals surface area contributed by atoms with Gasteiger partial charge in [-0.15, -0.1) is 4.28 Å². The molecule has 6 rings (SSSR count). The number of hydrogen-bond acceptors (Lipinski definition) is 5. The van der Waals surface area contributed by atoms with Crippen LogP contribution in [0.3, 0.4) is 0 Å². The van der Waals surface area contributed by atoms with Crippen LogP contribution in [0.4, 0.5) is 0 Å². The number of piperidine rings is 1. The summed E-state index contributed by atoms with van der Waals surface area (Å²) in [5, 5.41) is 2.06. The highest BCUT2D eigenvalue weighted by Gasteiger charge is 2.35. The quantitative estimate of drug-likeness (QED) is 0.347. The summed E-state index contributed by atoms with van der Waals surface area (Å²) in [7, 11) is -4.14. The zero-order valence-corrected chi connectivity index (χ0v) is 21.6. The van der Waals surface area contributed by atoms with Crippen LogP contribution in [0.25, 0.3) is 22.2 Å². The number of hydroxylamine groups is 2. The van der Waals surface area contributed by atoms with E-state index in [1.807, 2.05) is 37.3 Å². The van der Waals surface area contributed by atoms with Crippen LogP contribution >= 0.6 is 0 Å². The Morgan fingerprint density at radius 1 is 0.892 bits per heavy atom. The van der Waals surface area contributed by atoms with Gasteiger partial charge in [-0.3, -0.25) is 9.69 Å². The van der Waals surface area contributed by atoms with Crippen molar-refractivity contribution < 1.29 is 17.5 Å². The van der Waals surface area contributed by atoms with Crippen LogP contribution in [0.15, 0.2) is 77.7 Å². The highest BCUT2D eigenvalue weighted by atomic mass is 32.2. The summed E-state index contributed by atoms with van der Waals surface area (Å²) in [6, 6.07) is 22.5. The molecule has 2 aliphatic heterocycles. The summed E-state index contributed by atoms with van der Waals surface area (Å²) in [6.07, 6.45) is 3.64. The Bertz CT molecular complexity index is 1590. The Morgan fingerprint density at radius 3 is 2.43 bits per heavy atom. The SMILES string of the molecule is Cc1ccc(S(=O)(=O)ON2Cc3cccc(-c4cc5ccccc5n4CN4CCCCC4)c3C2=O)cc1. The second-order valence-electron chi connectivity index (χ2n) is 9.86. The minimum absolute atomic E-state index is 0.0173. The number of carbonyl (C=O) groups excluding carboxylic acids is 1. The van der Waals surface area contributed by atoms with E-state index in [-0.39, 0.29) is 11.4 Å². The molecule has 0 bridgehead atoms. The van der Waals surface area contributed by atoms with Gasteiger partial charge in [0, 0.05) is 16.5 Å². The first-order valence-electron chi connectivity index (χ1n) is 12.7. The lowest BCUT2D eigenvalue weighted by molar-refractivity contribution is -0.0269. The predicted octanol–water partition coefficient (Wildman–Crippen LogP) is 5.34. The number of aromatic nitrogens is 1. The summed E-state index contributed by atoms with van der Waals surface area (Å²) in [5.41, 5.74) is 5.02. The Kier molecular flexibility index (Phi) is 6.10. The van der Waals surface area contributed by atoms with E-state index in [2.05, 4.69) is 27.7 Å². The fourth-order valence-corrected chi connectivity index (χ4v) is 6.28. The summed E-state index contributed by atoms with van der Waals surface area (Å²) in [6.45, 7) is 4.79. The molecule has 0 aliphatic carbocycles. The second-order valence-corrected chi connectivity index (χ2v) is 11.4. The molecular weight excluding hydrogens is 486 g/mol. The van der Waals surface area contributed by atoms with Gasteiger partial charge in [0.2, 0.25) is 0 Å². The number of hydrogen-bond donors (Lipinski definition) is 0. The Hall–Kier alpha value is -3.46. The molecule has 7 nitrogen and oxygen atoms in total. The van der Waals surface area contributed by atoms with Gasteiger partial charge in [-0.2, -0.15) is 13.5 Å². The van der Waals surface area contributed by atoms with Crippen molar-refractivity contribution in [3.05, 3.63) is 89.5 Å². The molecule has 0 unspecified atom stereocenters. The number of para-hydroxylation sites is 1. The van der Waals surface area contributed by atoms with Gasteiger partial charge in [-0.25, -0.2) is 0 Å². The molecule has 2 aliphatic rings. The zero-order valence-electron chi connectivity index (χ0n) is 20.8. The first-order valence-corrected chi connectivity index (χ1v) is 14.1. The average Bonchev–Trinajstić information content (AvgIpc) is 3.42. The van der Waals surface area contributed by atoms with Crippen LogP contribution in [0, 0.1) is 6.92 Å². The first kappa shape index (κ1) is 23.9. The number of amides is 1. The molecule has 37 heavy (non-hydrogen) atoms. The van der Waals surface area contributed by atoms with Crippen molar-refractivity contribution in [3.8, 4) is 11.3 Å². The minimum Gasteiger partial charge on any atom is -0.327 e. The van der Waals surface area contributed by atoms with E-state index in [0.29, 0.717) is 5.56 Å². The molecule has 0 spiro atoms. The van der Waals surface area contributed by atoms with E-state index >= 15 is 0 Å². The van der Waals surface area contributed by atoms with Crippen molar-refractivity contribution in [3.63, 3.8) is 0 Å². The number of benzene rings is 3. The van der Waals surface area contributed by atoms with Gasteiger partial charge in [0.05, 0.1) is 29.4 Å². The minimum atomic E-state index is -4.14. The van der Waals surface area contributed by atoms with E-state index < -0.39 is 16.0 Å². The van der Waals surface area contributed by atoms with E-state index in [1.54, 1.807) is 12.1 Å². The Labute approximate surface area is 217 Å². The number of nitrogens with zero attached hydrogens (tertiary/aromatic N) is 3. The van der Waals surface area contributed by atoms with Gasteiger partial charge in [0.1, 0.15) is 0 Å². The number of carbonyl (C=O) groups is 1. The molecule has 1 fully saturated rings. The largest absolute Gasteiger partial charge is 0.327 e. The number of fused-ring (bicyclic) bond motifs is 2. The highest BCUT2D eigenvalue weighted by Crippen LogP contribution is 2.37. The summed E-state index contributed by atoms with van der Waals surface area (Å²) in [5.74, 6) is -0.448. The summed E-state index contributed by atoms with van der Waals surface area (Å²) in [4.78, 5) is 16.1. The molecule has 0 atom stereocenters. The van der Waals surface area contributed by atoms with E-state index in [1.165, 1.54) is 31.4 Å². The average molecular weight is 516 g/mol. The smallest absolute Gasteiger partial charge is 0.317 e. The maximum atomic E-state index is 13.6. The topological polar surface area (TPSA) is 71.9 Å².